The van der Waals surface area contributed by atoms with E-state index in [-0.39, 0.29) is 12.0 Å². The minimum atomic E-state index is -0.378. The molecular formula is C17H33N3O7S10. The number of hydrogen-bond donors (Lipinski definition) is 2. The van der Waals surface area contributed by atoms with Crippen LogP contribution in [0.5, 0.6) is 0 Å². The minimum Gasteiger partial charge on any atom is -0.438 e. The summed E-state index contributed by atoms with van der Waals surface area (Å²) in [5, 5.41) is 17.7. The van der Waals surface area contributed by atoms with E-state index in [2.05, 4.69) is 20.2 Å². The Morgan fingerprint density at radius 2 is 1.27 bits per heavy atom. The maximum Gasteiger partial charge on any atom is 0.408 e. The van der Waals surface area contributed by atoms with Gasteiger partial charge in [0, 0.05) is 42.6 Å². The predicted octanol–water partition coefficient (Wildman–Crippen LogP) is 6.07. The lowest BCUT2D eigenvalue weighted by molar-refractivity contribution is -0.196. The first-order valence-electron chi connectivity index (χ1n) is 10.1. The number of hydrogen-bond acceptors (Lipinski definition) is 19. The highest BCUT2D eigenvalue weighted by atomic mass is 32.3. The largest absolute Gasteiger partial charge is 0.438 e. The van der Waals surface area contributed by atoms with Gasteiger partial charge in [-0.1, -0.05) is 0 Å². The molecule has 0 atom stereocenters. The smallest absolute Gasteiger partial charge is 0.408 e. The van der Waals surface area contributed by atoms with E-state index in [1.54, 1.807) is 77.6 Å². The lowest BCUT2D eigenvalue weighted by atomic mass is 11.1. The first kappa shape index (κ1) is 38.6. The average molecular weight is 712 g/mol. The Morgan fingerprint density at radius 3 is 1.92 bits per heavy atom. The number of alkyl carbamates (subject to hydrolysis) is 1. The molecule has 218 valence electrons. The molecule has 0 aliphatic heterocycles. The van der Waals surface area contributed by atoms with Crippen molar-refractivity contribution in [1.82, 2.24) is 5.32 Å². The SMILES string of the molecule is CN=COOCSCSCSCSCOC(=O)NCSCSCSCSCN=COOCSCSCO. The zero-order valence-corrected chi connectivity index (χ0v) is 28.4. The highest BCUT2D eigenvalue weighted by Crippen LogP contribution is 2.22. The van der Waals surface area contributed by atoms with E-state index in [1.807, 2.05) is 23.5 Å². The third kappa shape index (κ3) is 35.6. The van der Waals surface area contributed by atoms with Crippen molar-refractivity contribution in [3.63, 3.8) is 0 Å². The number of nitrogens with zero attached hydrogens (tertiary/aromatic N) is 2. The number of thioether (sulfide) groups is 10. The Balaban J connectivity index is 3.19. The molecule has 2 N–H and O–H groups in total. The lowest BCUT2D eigenvalue weighted by Gasteiger charge is -2.07. The summed E-state index contributed by atoms with van der Waals surface area (Å²) in [6.45, 7) is 0. The van der Waals surface area contributed by atoms with E-state index in [0.29, 0.717) is 29.6 Å². The third-order valence-corrected chi connectivity index (χ3v) is 13.7. The maximum atomic E-state index is 11.7. The number of rotatable bonds is 29. The maximum absolute atomic E-state index is 11.7. The molecule has 0 aromatic carbocycles. The lowest BCUT2D eigenvalue weighted by Crippen LogP contribution is -2.23. The van der Waals surface area contributed by atoms with Gasteiger partial charge >= 0.3 is 6.09 Å². The average Bonchev–Trinajstić information content (AvgIpc) is 2.90. The number of amides is 1. The van der Waals surface area contributed by atoms with Gasteiger partial charge in [-0.2, -0.15) is 9.78 Å². The van der Waals surface area contributed by atoms with Crippen molar-refractivity contribution in [2.45, 2.75) is 0 Å². The summed E-state index contributed by atoms with van der Waals surface area (Å²) in [7, 11) is 1.61. The molecule has 0 rings (SSSR count). The number of aliphatic hydroxyl groups is 1. The van der Waals surface area contributed by atoms with Gasteiger partial charge < -0.3 is 24.9 Å². The molecule has 0 heterocycles. The molecule has 0 aromatic heterocycles. The summed E-state index contributed by atoms with van der Waals surface area (Å²) < 4.78 is 5.15. The van der Waals surface area contributed by atoms with Crippen molar-refractivity contribution in [3.8, 4) is 0 Å². The van der Waals surface area contributed by atoms with E-state index < -0.39 is 0 Å². The number of aliphatic imine (C=N–C) groups is 2. The van der Waals surface area contributed by atoms with Gasteiger partial charge in [0.2, 0.25) is 12.8 Å². The molecule has 0 spiro atoms. The standard InChI is InChI=1S/C17H33N3O7S10/c1-18-2-24-26-8-33-14-37-16-36-13-31-7-23-17(22)20-5-29-11-35-15-34-10-28-4-19-3-25-27-9-32-12-30-6-21/h2-3,21H,4-16H2,1H3,(H,20,22). The van der Waals surface area contributed by atoms with Crippen LogP contribution in [0.1, 0.15) is 0 Å². The topological polar surface area (TPSA) is 120 Å². The van der Waals surface area contributed by atoms with E-state index in [9.17, 15) is 4.79 Å². The van der Waals surface area contributed by atoms with Gasteiger partial charge in [0.1, 0.15) is 17.8 Å². The second-order valence-corrected chi connectivity index (χ2v) is 17.5. The van der Waals surface area contributed by atoms with Crippen LogP contribution in [0.15, 0.2) is 9.98 Å². The zero-order valence-electron chi connectivity index (χ0n) is 20.2. The number of carbonyl (C=O) groups is 1. The van der Waals surface area contributed by atoms with Crippen LogP contribution in [0.3, 0.4) is 0 Å². The Hall–Kier alpha value is 1.59. The van der Waals surface area contributed by atoms with Crippen LogP contribution in [0.2, 0.25) is 0 Å². The number of ether oxygens (including phenoxy) is 1. The van der Waals surface area contributed by atoms with E-state index in [1.165, 1.54) is 36.3 Å². The summed E-state index contributed by atoms with van der Waals surface area (Å²) in [6, 6.07) is 0. The Morgan fingerprint density at radius 1 is 0.730 bits per heavy atom. The summed E-state index contributed by atoms with van der Waals surface area (Å²) in [6.07, 6.45) is 2.18. The fraction of sp³-hybridized carbons (Fsp3) is 0.824. The van der Waals surface area contributed by atoms with Gasteiger partial charge in [-0.3, -0.25) is 4.99 Å². The van der Waals surface area contributed by atoms with Crippen LogP contribution in [0.4, 0.5) is 4.79 Å². The summed E-state index contributed by atoms with van der Waals surface area (Å²) in [5.74, 6) is 2.48. The van der Waals surface area contributed by atoms with Crippen LogP contribution in [-0.2, 0) is 24.3 Å². The Bertz CT molecular complexity index is 548. The van der Waals surface area contributed by atoms with Gasteiger partial charge in [0.05, 0.1) is 17.7 Å². The minimum absolute atomic E-state index is 0.112. The highest BCUT2D eigenvalue weighted by Gasteiger charge is 2.01. The van der Waals surface area contributed by atoms with Crippen molar-refractivity contribution >= 4 is 137 Å². The van der Waals surface area contributed by atoms with Crippen LogP contribution in [-0.4, -0.2) is 102 Å². The second kappa shape index (κ2) is 35.6. The number of aliphatic hydroxyl groups excluding tert-OH is 1. The van der Waals surface area contributed by atoms with Gasteiger partial charge in [-0.05, 0) is 0 Å². The Labute approximate surface area is 262 Å². The van der Waals surface area contributed by atoms with Crippen LogP contribution < -0.4 is 5.32 Å². The van der Waals surface area contributed by atoms with E-state index >= 15 is 0 Å². The van der Waals surface area contributed by atoms with Gasteiger partial charge in [-0.25, -0.2) is 9.79 Å². The van der Waals surface area contributed by atoms with Crippen molar-refractivity contribution in [3.05, 3.63) is 0 Å². The van der Waals surface area contributed by atoms with E-state index in [0.717, 1.165) is 35.6 Å². The Kier molecular flexibility index (Phi) is 37.1. The van der Waals surface area contributed by atoms with Gasteiger partial charge in [0.25, 0.3) is 0 Å². The summed E-state index contributed by atoms with van der Waals surface area (Å²) in [4.78, 5) is 38.6. The van der Waals surface area contributed by atoms with Gasteiger partial charge in [0.15, 0.2) is 0 Å². The van der Waals surface area contributed by atoms with Crippen molar-refractivity contribution in [1.29, 1.82) is 0 Å². The fourth-order valence-corrected chi connectivity index (χ4v) is 10.8. The monoisotopic (exact) mass is 711 g/mol. The third-order valence-electron chi connectivity index (χ3n) is 2.68. The second-order valence-electron chi connectivity index (χ2n) is 5.31. The first-order valence-corrected chi connectivity index (χ1v) is 21.6. The highest BCUT2D eigenvalue weighted by molar-refractivity contribution is 8.26. The molecule has 0 bridgehead atoms. The molecule has 1 amide bonds. The molecule has 0 saturated carbocycles. The molecule has 10 nitrogen and oxygen atoms in total. The molecule has 0 aromatic rings. The van der Waals surface area contributed by atoms with Crippen LogP contribution in [0, 0.1) is 0 Å². The number of nitrogens with one attached hydrogen (secondary N) is 1. The summed E-state index contributed by atoms with van der Waals surface area (Å²) >= 11 is 16.7. The van der Waals surface area contributed by atoms with Crippen LogP contribution >= 0.6 is 118 Å². The van der Waals surface area contributed by atoms with Crippen molar-refractivity contribution < 1.29 is 34.2 Å². The van der Waals surface area contributed by atoms with Gasteiger partial charge in [-0.15, -0.1) is 118 Å². The quantitative estimate of drug-likeness (QED) is 0.0233. The van der Waals surface area contributed by atoms with Crippen LogP contribution in [0.25, 0.3) is 0 Å². The van der Waals surface area contributed by atoms with Crippen molar-refractivity contribution in [2.75, 3.05) is 78.2 Å². The molecule has 20 heteroatoms. The molecule has 0 fully saturated rings. The molecule has 0 aliphatic carbocycles. The first-order chi connectivity index (χ1) is 18.3. The fourth-order valence-electron chi connectivity index (χ4n) is 1.36. The molecular weight excluding hydrogens is 679 g/mol. The van der Waals surface area contributed by atoms with Crippen molar-refractivity contribution in [2.24, 2.45) is 9.98 Å². The zero-order chi connectivity index (χ0) is 26.9. The molecule has 0 saturated heterocycles. The molecule has 0 radical (unpaired) electrons. The predicted molar refractivity (Wildman–Crippen MR) is 178 cm³/mol. The van der Waals surface area contributed by atoms with E-state index in [4.69, 9.17) is 24.5 Å². The molecule has 0 unspecified atom stereocenters. The number of carbonyl (C=O) groups excluding carboxylic acids is 1. The molecule has 0 aliphatic rings. The molecule has 37 heavy (non-hydrogen) atoms. The normalized spacial score (nSPS) is 11.4. The summed E-state index contributed by atoms with van der Waals surface area (Å²) in [5.41, 5.74) is 0.